The van der Waals surface area contributed by atoms with Crippen molar-refractivity contribution in [3.05, 3.63) is 81.9 Å². The molecule has 0 spiro atoms. The summed E-state index contributed by atoms with van der Waals surface area (Å²) in [7, 11) is 3.91. The standard InChI is InChI=1S/C23H24N6O2S/c1-28(2)13-12-26-22(31)19-15-32-23(29(19)14-16-6-4-3-5-7-16)27-21(30)18-9-11-25-20-17(18)8-10-24-20/h3-11,15H,12-14H2,1-2H3,(H,24,25)(H,26,31)/b27-23-. The van der Waals surface area contributed by atoms with Crippen LogP contribution >= 0.6 is 11.3 Å². The number of aromatic amines is 1. The zero-order valence-electron chi connectivity index (χ0n) is 17.9. The molecule has 2 N–H and O–H groups in total. The second kappa shape index (κ2) is 9.71. The smallest absolute Gasteiger partial charge is 0.280 e. The van der Waals surface area contributed by atoms with Gasteiger partial charge in [-0.05, 0) is 31.8 Å². The fourth-order valence-electron chi connectivity index (χ4n) is 3.30. The van der Waals surface area contributed by atoms with Gasteiger partial charge in [0.15, 0.2) is 4.80 Å². The van der Waals surface area contributed by atoms with Gasteiger partial charge in [-0.25, -0.2) is 4.98 Å². The van der Waals surface area contributed by atoms with Gasteiger partial charge in [0.2, 0.25) is 0 Å². The first-order chi connectivity index (χ1) is 15.5. The van der Waals surface area contributed by atoms with Crippen LogP contribution in [0.15, 0.2) is 65.2 Å². The Balaban J connectivity index is 1.71. The molecule has 0 saturated heterocycles. The lowest BCUT2D eigenvalue weighted by atomic mass is 10.2. The zero-order chi connectivity index (χ0) is 22.5. The van der Waals surface area contributed by atoms with Crippen molar-refractivity contribution in [2.45, 2.75) is 6.54 Å². The van der Waals surface area contributed by atoms with Crippen molar-refractivity contribution >= 4 is 34.2 Å². The highest BCUT2D eigenvalue weighted by Crippen LogP contribution is 2.16. The Labute approximate surface area is 189 Å². The minimum Gasteiger partial charge on any atom is -0.349 e. The molecule has 8 nitrogen and oxygen atoms in total. The van der Waals surface area contributed by atoms with Crippen molar-refractivity contribution in [3.8, 4) is 0 Å². The topological polar surface area (TPSA) is 95.4 Å². The van der Waals surface area contributed by atoms with E-state index in [-0.39, 0.29) is 11.8 Å². The zero-order valence-corrected chi connectivity index (χ0v) is 18.7. The normalized spacial score (nSPS) is 11.9. The lowest BCUT2D eigenvalue weighted by molar-refractivity contribution is 0.0938. The number of pyridine rings is 1. The van der Waals surface area contributed by atoms with Gasteiger partial charge in [-0.3, -0.25) is 9.59 Å². The Kier molecular flexibility index (Phi) is 6.58. The van der Waals surface area contributed by atoms with E-state index < -0.39 is 0 Å². The van der Waals surface area contributed by atoms with Gasteiger partial charge in [0, 0.05) is 36.2 Å². The number of thiazole rings is 1. The Bertz CT molecular complexity index is 1300. The summed E-state index contributed by atoms with van der Waals surface area (Å²) in [5.74, 6) is -0.565. The van der Waals surface area contributed by atoms with Gasteiger partial charge >= 0.3 is 0 Å². The Hall–Kier alpha value is -3.56. The molecule has 4 rings (SSSR count). The van der Waals surface area contributed by atoms with Crippen LogP contribution in [-0.4, -0.2) is 58.4 Å². The molecule has 0 aliphatic carbocycles. The van der Waals surface area contributed by atoms with Gasteiger partial charge in [-0.2, -0.15) is 4.99 Å². The second-order valence-electron chi connectivity index (χ2n) is 7.55. The quantitative estimate of drug-likeness (QED) is 0.454. The molecule has 0 saturated carbocycles. The SMILES string of the molecule is CN(C)CCNC(=O)c1cs/c(=N\C(=O)c2ccnc3[nH]ccc23)n1Cc1ccccc1. The summed E-state index contributed by atoms with van der Waals surface area (Å²) in [6.45, 7) is 1.70. The van der Waals surface area contributed by atoms with Crippen molar-refractivity contribution in [1.82, 2.24) is 24.8 Å². The van der Waals surface area contributed by atoms with Crippen molar-refractivity contribution in [2.24, 2.45) is 4.99 Å². The number of amides is 2. The number of carbonyl (C=O) groups is 2. The minimum absolute atomic E-state index is 0.190. The average Bonchev–Trinajstić information content (AvgIpc) is 3.41. The van der Waals surface area contributed by atoms with Crippen LogP contribution in [0.3, 0.4) is 0 Å². The third-order valence-electron chi connectivity index (χ3n) is 4.95. The molecule has 3 heterocycles. The van der Waals surface area contributed by atoms with Crippen molar-refractivity contribution in [1.29, 1.82) is 0 Å². The molecule has 0 unspecified atom stereocenters. The summed E-state index contributed by atoms with van der Waals surface area (Å²) in [6.07, 6.45) is 3.32. The van der Waals surface area contributed by atoms with Crippen LogP contribution in [0, 0.1) is 0 Å². The molecule has 1 aromatic carbocycles. The molecule has 4 aromatic rings. The molecule has 9 heteroatoms. The number of likely N-dealkylation sites (N-methyl/N-ethyl adjacent to an activating group) is 1. The van der Waals surface area contributed by atoms with E-state index in [9.17, 15) is 9.59 Å². The van der Waals surface area contributed by atoms with E-state index in [4.69, 9.17) is 0 Å². The fourth-order valence-corrected chi connectivity index (χ4v) is 4.18. The number of nitrogens with one attached hydrogen (secondary N) is 2. The number of aromatic nitrogens is 3. The average molecular weight is 449 g/mol. The number of rotatable bonds is 7. The van der Waals surface area contributed by atoms with E-state index in [1.54, 1.807) is 34.5 Å². The third-order valence-corrected chi connectivity index (χ3v) is 5.81. The molecule has 0 aliphatic rings. The predicted octanol–water partition coefficient (Wildman–Crippen LogP) is 2.51. The predicted molar refractivity (Wildman–Crippen MR) is 125 cm³/mol. The van der Waals surface area contributed by atoms with E-state index in [0.29, 0.717) is 40.2 Å². The first-order valence-electron chi connectivity index (χ1n) is 10.2. The molecule has 0 radical (unpaired) electrons. The summed E-state index contributed by atoms with van der Waals surface area (Å²) >= 11 is 1.27. The van der Waals surface area contributed by atoms with Crippen molar-refractivity contribution in [3.63, 3.8) is 0 Å². The fraction of sp³-hybridized carbons (Fsp3) is 0.217. The maximum Gasteiger partial charge on any atom is 0.280 e. The highest BCUT2D eigenvalue weighted by atomic mass is 32.1. The van der Waals surface area contributed by atoms with E-state index in [0.717, 1.165) is 12.1 Å². The number of hydrogen-bond acceptors (Lipinski definition) is 5. The van der Waals surface area contributed by atoms with Gasteiger partial charge < -0.3 is 19.8 Å². The number of hydrogen-bond donors (Lipinski definition) is 2. The van der Waals surface area contributed by atoms with Gasteiger partial charge in [-0.15, -0.1) is 11.3 Å². The van der Waals surface area contributed by atoms with Crippen LogP contribution in [0.5, 0.6) is 0 Å². The van der Waals surface area contributed by atoms with Crippen LogP contribution in [0.25, 0.3) is 11.0 Å². The summed E-state index contributed by atoms with van der Waals surface area (Å²) < 4.78 is 1.79. The minimum atomic E-state index is -0.375. The monoisotopic (exact) mass is 448 g/mol. The number of H-pyrrole nitrogens is 1. The lowest BCUT2D eigenvalue weighted by Crippen LogP contribution is -2.34. The van der Waals surface area contributed by atoms with Gasteiger partial charge in [0.05, 0.1) is 12.1 Å². The largest absolute Gasteiger partial charge is 0.349 e. The highest BCUT2D eigenvalue weighted by molar-refractivity contribution is 7.07. The van der Waals surface area contributed by atoms with Gasteiger partial charge in [0.25, 0.3) is 11.8 Å². The van der Waals surface area contributed by atoms with Crippen molar-refractivity contribution in [2.75, 3.05) is 27.2 Å². The number of fused-ring (bicyclic) bond motifs is 1. The summed E-state index contributed by atoms with van der Waals surface area (Å²) in [6, 6.07) is 13.3. The first kappa shape index (κ1) is 21.7. The van der Waals surface area contributed by atoms with E-state index in [2.05, 4.69) is 20.3 Å². The van der Waals surface area contributed by atoms with Crippen LogP contribution < -0.4 is 10.1 Å². The van der Waals surface area contributed by atoms with Crippen LogP contribution in [0.2, 0.25) is 0 Å². The van der Waals surface area contributed by atoms with E-state index in [1.165, 1.54) is 11.3 Å². The maximum atomic E-state index is 13.0. The first-order valence-corrected chi connectivity index (χ1v) is 11.1. The number of benzene rings is 1. The molecule has 0 bridgehead atoms. The lowest BCUT2D eigenvalue weighted by Gasteiger charge is -2.12. The van der Waals surface area contributed by atoms with Crippen LogP contribution in [-0.2, 0) is 6.54 Å². The Morgan fingerprint density at radius 3 is 2.78 bits per heavy atom. The molecule has 164 valence electrons. The molecule has 32 heavy (non-hydrogen) atoms. The van der Waals surface area contributed by atoms with Gasteiger partial charge in [0.1, 0.15) is 11.3 Å². The van der Waals surface area contributed by atoms with Crippen molar-refractivity contribution < 1.29 is 9.59 Å². The molecule has 0 aliphatic heterocycles. The molecule has 0 fully saturated rings. The Morgan fingerprint density at radius 2 is 2.00 bits per heavy atom. The third kappa shape index (κ3) is 4.84. The maximum absolute atomic E-state index is 13.0. The Morgan fingerprint density at radius 1 is 1.19 bits per heavy atom. The second-order valence-corrected chi connectivity index (χ2v) is 8.39. The number of nitrogens with zero attached hydrogens (tertiary/aromatic N) is 4. The van der Waals surface area contributed by atoms with Crippen LogP contribution in [0.1, 0.15) is 26.4 Å². The molecule has 3 aromatic heterocycles. The molecule has 2 amide bonds. The van der Waals surface area contributed by atoms with E-state index in [1.807, 2.05) is 49.3 Å². The van der Waals surface area contributed by atoms with E-state index >= 15 is 0 Å². The summed E-state index contributed by atoms with van der Waals surface area (Å²) in [5.41, 5.74) is 2.59. The van der Waals surface area contributed by atoms with Crippen LogP contribution in [0.4, 0.5) is 0 Å². The summed E-state index contributed by atoms with van der Waals surface area (Å²) in [4.78, 5) is 40.0. The molecular weight excluding hydrogens is 424 g/mol. The summed E-state index contributed by atoms with van der Waals surface area (Å²) in [5, 5.41) is 5.41. The van der Waals surface area contributed by atoms with Gasteiger partial charge in [-0.1, -0.05) is 30.3 Å². The molecular formula is C23H24N6O2S. The highest BCUT2D eigenvalue weighted by Gasteiger charge is 2.16. The number of carbonyl (C=O) groups excluding carboxylic acids is 2. The molecule has 0 atom stereocenters.